The van der Waals surface area contributed by atoms with Gasteiger partial charge in [-0.2, -0.15) is 13.2 Å². The van der Waals surface area contributed by atoms with Crippen molar-refractivity contribution < 1.29 is 27.8 Å². The molecular weight excluding hydrogens is 307 g/mol. The first-order chi connectivity index (χ1) is 10.9. The van der Waals surface area contributed by atoms with Crippen molar-refractivity contribution in [2.45, 2.75) is 19.5 Å². The zero-order valence-corrected chi connectivity index (χ0v) is 13.3. The van der Waals surface area contributed by atoms with Gasteiger partial charge in [-0.15, -0.1) is 0 Å². The first-order valence-electron chi connectivity index (χ1n) is 8.03. The highest BCUT2D eigenvalue weighted by Crippen LogP contribution is 2.34. The molecule has 0 aromatic heterocycles. The zero-order chi connectivity index (χ0) is 16.9. The van der Waals surface area contributed by atoms with Gasteiger partial charge in [0.05, 0.1) is 17.8 Å². The van der Waals surface area contributed by atoms with E-state index in [2.05, 4.69) is 12.2 Å². The van der Waals surface area contributed by atoms with Gasteiger partial charge < -0.3 is 15.1 Å². The summed E-state index contributed by atoms with van der Waals surface area (Å²) in [7, 11) is 0. The highest BCUT2D eigenvalue weighted by molar-refractivity contribution is 5.92. The van der Waals surface area contributed by atoms with Crippen LogP contribution in [0.3, 0.4) is 0 Å². The molecule has 128 valence electrons. The van der Waals surface area contributed by atoms with E-state index in [4.69, 9.17) is 0 Å². The molecule has 1 fully saturated rings. The smallest absolute Gasteiger partial charge is 0.326 e. The van der Waals surface area contributed by atoms with Crippen molar-refractivity contribution in [2.75, 3.05) is 44.6 Å². The molecular formula is C16H24F3N3O+2. The lowest BCUT2D eigenvalue weighted by molar-refractivity contribution is -1.01. The van der Waals surface area contributed by atoms with E-state index < -0.39 is 11.7 Å². The second-order valence-corrected chi connectivity index (χ2v) is 6.02. The number of anilines is 1. The fraction of sp³-hybridized carbons (Fsp3) is 0.562. The van der Waals surface area contributed by atoms with Crippen LogP contribution in [0.15, 0.2) is 24.3 Å². The summed E-state index contributed by atoms with van der Waals surface area (Å²) >= 11 is 0. The first kappa shape index (κ1) is 17.7. The summed E-state index contributed by atoms with van der Waals surface area (Å²) in [5, 5.41) is 2.41. The van der Waals surface area contributed by atoms with Crippen LogP contribution < -0.4 is 15.1 Å². The number of amides is 1. The van der Waals surface area contributed by atoms with Gasteiger partial charge in [-0.05, 0) is 18.6 Å². The predicted octanol–water partition coefficient (Wildman–Crippen LogP) is -0.163. The van der Waals surface area contributed by atoms with E-state index in [0.717, 1.165) is 50.1 Å². The van der Waals surface area contributed by atoms with E-state index in [1.54, 1.807) is 4.90 Å². The molecule has 23 heavy (non-hydrogen) atoms. The summed E-state index contributed by atoms with van der Waals surface area (Å²) in [5.74, 6) is -0.365. The van der Waals surface area contributed by atoms with E-state index in [9.17, 15) is 18.0 Å². The summed E-state index contributed by atoms with van der Waals surface area (Å²) in [6.45, 7) is 7.28. The number of hydrogen-bond acceptors (Lipinski definition) is 1. The standard InChI is InChI=1S/C16H22F3N3O/c1-2-7-21-8-10-22(11-9-21)12-15(23)20-14-6-4-3-5-13(14)16(17,18)19/h3-6H,2,7-12H2,1H3,(H,20,23)/p+2. The van der Waals surface area contributed by atoms with E-state index in [-0.39, 0.29) is 18.1 Å². The molecule has 4 nitrogen and oxygen atoms in total. The molecule has 0 atom stereocenters. The number of carbonyl (C=O) groups is 1. The van der Waals surface area contributed by atoms with Gasteiger partial charge in [-0.1, -0.05) is 19.1 Å². The van der Waals surface area contributed by atoms with Crippen molar-refractivity contribution in [2.24, 2.45) is 0 Å². The summed E-state index contributed by atoms with van der Waals surface area (Å²) in [6, 6.07) is 5.08. The van der Waals surface area contributed by atoms with Crippen LogP contribution in [0.1, 0.15) is 18.9 Å². The molecule has 1 aromatic carbocycles. The van der Waals surface area contributed by atoms with Crippen LogP contribution in [-0.2, 0) is 11.0 Å². The lowest BCUT2D eigenvalue weighted by atomic mass is 10.1. The number of halogens is 3. The van der Waals surface area contributed by atoms with Crippen LogP contribution in [0.25, 0.3) is 0 Å². The van der Waals surface area contributed by atoms with E-state index in [0.29, 0.717) is 0 Å². The molecule has 7 heteroatoms. The minimum absolute atomic E-state index is 0.167. The van der Waals surface area contributed by atoms with Gasteiger partial charge in [0.2, 0.25) is 0 Å². The molecule has 2 rings (SSSR count). The van der Waals surface area contributed by atoms with Crippen LogP contribution >= 0.6 is 0 Å². The number of alkyl halides is 3. The van der Waals surface area contributed by atoms with Crippen molar-refractivity contribution in [1.82, 2.24) is 0 Å². The third-order valence-electron chi connectivity index (χ3n) is 4.18. The number of para-hydroxylation sites is 1. The summed E-state index contributed by atoms with van der Waals surface area (Å²) < 4.78 is 38.7. The van der Waals surface area contributed by atoms with Gasteiger partial charge in [0, 0.05) is 0 Å². The molecule has 1 aliphatic heterocycles. The van der Waals surface area contributed by atoms with E-state index in [1.807, 2.05) is 0 Å². The Morgan fingerprint density at radius 1 is 1.13 bits per heavy atom. The van der Waals surface area contributed by atoms with Crippen molar-refractivity contribution in [3.63, 3.8) is 0 Å². The Balaban J connectivity index is 1.89. The number of benzene rings is 1. The number of quaternary nitrogens is 2. The molecule has 1 saturated heterocycles. The van der Waals surface area contributed by atoms with Crippen LogP contribution in [0.5, 0.6) is 0 Å². The van der Waals surface area contributed by atoms with Gasteiger partial charge in [0.15, 0.2) is 6.54 Å². The number of rotatable bonds is 5. The van der Waals surface area contributed by atoms with E-state index >= 15 is 0 Å². The number of hydrogen-bond donors (Lipinski definition) is 3. The Morgan fingerprint density at radius 2 is 1.74 bits per heavy atom. The maximum Gasteiger partial charge on any atom is 0.418 e. The number of carbonyl (C=O) groups excluding carboxylic acids is 1. The topological polar surface area (TPSA) is 38.0 Å². The molecule has 1 heterocycles. The van der Waals surface area contributed by atoms with E-state index in [1.165, 1.54) is 18.2 Å². The van der Waals surface area contributed by atoms with Gasteiger partial charge in [0.25, 0.3) is 5.91 Å². The molecule has 0 unspecified atom stereocenters. The van der Waals surface area contributed by atoms with Gasteiger partial charge in [0.1, 0.15) is 26.2 Å². The monoisotopic (exact) mass is 331 g/mol. The van der Waals surface area contributed by atoms with Crippen LogP contribution in [0, 0.1) is 0 Å². The molecule has 0 radical (unpaired) electrons. The summed E-state index contributed by atoms with van der Waals surface area (Å²) in [6.07, 6.45) is -3.33. The lowest BCUT2D eigenvalue weighted by Gasteiger charge is -2.29. The molecule has 0 bridgehead atoms. The molecule has 0 spiro atoms. The molecule has 0 saturated carbocycles. The molecule has 1 amide bonds. The Bertz CT molecular complexity index is 526. The van der Waals surface area contributed by atoms with Crippen LogP contribution in [-0.4, -0.2) is 45.2 Å². The second-order valence-electron chi connectivity index (χ2n) is 6.02. The van der Waals surface area contributed by atoms with Gasteiger partial charge >= 0.3 is 6.18 Å². The largest absolute Gasteiger partial charge is 0.418 e. The SMILES string of the molecule is CCC[NH+]1CC[NH+](CC(=O)Nc2ccccc2C(F)(F)F)CC1. The maximum absolute atomic E-state index is 12.9. The minimum atomic E-state index is -4.47. The lowest BCUT2D eigenvalue weighted by Crippen LogP contribution is -3.28. The highest BCUT2D eigenvalue weighted by Gasteiger charge is 2.34. The minimum Gasteiger partial charge on any atom is -0.326 e. The van der Waals surface area contributed by atoms with Crippen LogP contribution in [0.4, 0.5) is 18.9 Å². The fourth-order valence-electron chi connectivity index (χ4n) is 3.00. The van der Waals surface area contributed by atoms with Crippen molar-refractivity contribution >= 4 is 11.6 Å². The maximum atomic E-state index is 12.9. The molecule has 3 N–H and O–H groups in total. The Labute approximate surface area is 134 Å². The Morgan fingerprint density at radius 3 is 2.35 bits per heavy atom. The number of piperazine rings is 1. The highest BCUT2D eigenvalue weighted by atomic mass is 19.4. The third-order valence-corrected chi connectivity index (χ3v) is 4.18. The molecule has 1 aliphatic rings. The van der Waals surface area contributed by atoms with Crippen LogP contribution in [0.2, 0.25) is 0 Å². The molecule has 1 aromatic rings. The van der Waals surface area contributed by atoms with Gasteiger partial charge in [-0.3, -0.25) is 4.79 Å². The Kier molecular flexibility index (Phi) is 6.01. The van der Waals surface area contributed by atoms with Gasteiger partial charge in [-0.25, -0.2) is 0 Å². The van der Waals surface area contributed by atoms with Crippen molar-refractivity contribution in [1.29, 1.82) is 0 Å². The molecule has 0 aliphatic carbocycles. The Hall–Kier alpha value is -1.60. The second kappa shape index (κ2) is 7.79. The quantitative estimate of drug-likeness (QED) is 0.689. The van der Waals surface area contributed by atoms with Crippen molar-refractivity contribution in [3.05, 3.63) is 29.8 Å². The fourth-order valence-corrected chi connectivity index (χ4v) is 3.00. The zero-order valence-electron chi connectivity index (χ0n) is 13.3. The summed E-state index contributed by atoms with van der Waals surface area (Å²) in [4.78, 5) is 14.7. The first-order valence-corrected chi connectivity index (χ1v) is 8.03. The van der Waals surface area contributed by atoms with Crippen molar-refractivity contribution in [3.8, 4) is 0 Å². The average Bonchev–Trinajstić information content (AvgIpc) is 2.49. The third kappa shape index (κ3) is 5.21. The predicted molar refractivity (Wildman–Crippen MR) is 81.5 cm³/mol. The number of nitrogens with one attached hydrogen (secondary N) is 3. The average molecular weight is 331 g/mol. The normalized spacial score (nSPS) is 21.9. The summed E-state index contributed by atoms with van der Waals surface area (Å²) in [5.41, 5.74) is -0.972.